The number of likely N-dealkylation sites (tertiary alicyclic amines) is 1. The number of benzene rings is 1. The van der Waals surface area contributed by atoms with Gasteiger partial charge >= 0.3 is 0 Å². The molecular formula is C19H21N3O3. The first-order valence-electron chi connectivity index (χ1n) is 8.45. The quantitative estimate of drug-likeness (QED) is 0.733. The molecule has 0 spiro atoms. The Labute approximate surface area is 146 Å². The van der Waals surface area contributed by atoms with Crippen LogP contribution in [0.3, 0.4) is 0 Å². The Kier molecular flexibility index (Phi) is 3.75. The van der Waals surface area contributed by atoms with Gasteiger partial charge in [0.15, 0.2) is 5.76 Å². The minimum atomic E-state index is -0.0565. The van der Waals surface area contributed by atoms with E-state index in [1.54, 1.807) is 11.8 Å². The highest BCUT2D eigenvalue weighted by atomic mass is 16.5. The second kappa shape index (κ2) is 5.95. The van der Waals surface area contributed by atoms with E-state index in [1.165, 1.54) is 0 Å². The summed E-state index contributed by atoms with van der Waals surface area (Å²) in [4.78, 5) is 15.1. The van der Waals surface area contributed by atoms with Gasteiger partial charge in [-0.15, -0.1) is 0 Å². The molecule has 1 aliphatic rings. The van der Waals surface area contributed by atoms with Crippen LogP contribution >= 0.6 is 0 Å². The Hall–Kier alpha value is -2.76. The van der Waals surface area contributed by atoms with Gasteiger partial charge in [0.05, 0.1) is 19.3 Å². The molecule has 1 aliphatic heterocycles. The SMILES string of the molecule is COc1ccc2oc(C(=O)N3CCC[C@H]3c3cnn(C)c3)c(C)c2c1. The molecule has 0 saturated carbocycles. The van der Waals surface area contributed by atoms with E-state index in [4.69, 9.17) is 9.15 Å². The maximum atomic E-state index is 13.2. The number of amides is 1. The maximum absolute atomic E-state index is 13.2. The highest BCUT2D eigenvalue weighted by Crippen LogP contribution is 2.35. The fraction of sp³-hybridized carbons (Fsp3) is 0.368. The highest BCUT2D eigenvalue weighted by Gasteiger charge is 2.34. The van der Waals surface area contributed by atoms with Gasteiger partial charge in [-0.05, 0) is 38.0 Å². The number of aryl methyl sites for hydroxylation is 2. The Morgan fingerprint density at radius 3 is 2.96 bits per heavy atom. The number of methoxy groups -OCH3 is 1. The van der Waals surface area contributed by atoms with Crippen molar-refractivity contribution in [3.05, 3.63) is 47.5 Å². The van der Waals surface area contributed by atoms with Gasteiger partial charge in [0.25, 0.3) is 5.91 Å². The van der Waals surface area contributed by atoms with Crippen LogP contribution in [0.15, 0.2) is 35.0 Å². The summed E-state index contributed by atoms with van der Waals surface area (Å²) in [5, 5.41) is 5.16. The highest BCUT2D eigenvalue weighted by molar-refractivity contribution is 5.99. The number of carbonyl (C=O) groups excluding carboxylic acids is 1. The molecule has 130 valence electrons. The monoisotopic (exact) mass is 339 g/mol. The molecule has 1 fully saturated rings. The van der Waals surface area contributed by atoms with Crippen molar-refractivity contribution in [2.24, 2.45) is 7.05 Å². The van der Waals surface area contributed by atoms with Crippen molar-refractivity contribution >= 4 is 16.9 Å². The predicted octanol–water partition coefficient (Wildman–Crippen LogP) is 3.46. The third-order valence-corrected chi connectivity index (χ3v) is 4.96. The summed E-state index contributed by atoms with van der Waals surface area (Å²) in [5.74, 6) is 1.11. The number of rotatable bonds is 3. The fourth-order valence-electron chi connectivity index (χ4n) is 3.63. The lowest BCUT2D eigenvalue weighted by Crippen LogP contribution is -2.30. The summed E-state index contributed by atoms with van der Waals surface area (Å²) in [6, 6.07) is 5.66. The van der Waals surface area contributed by atoms with Crippen molar-refractivity contribution < 1.29 is 13.9 Å². The molecule has 1 amide bonds. The minimum Gasteiger partial charge on any atom is -0.497 e. The smallest absolute Gasteiger partial charge is 0.290 e. The number of aromatic nitrogens is 2. The summed E-state index contributed by atoms with van der Waals surface area (Å²) in [6.45, 7) is 2.66. The normalized spacial score (nSPS) is 17.4. The number of hydrogen-bond donors (Lipinski definition) is 0. The average molecular weight is 339 g/mol. The van der Waals surface area contributed by atoms with E-state index in [-0.39, 0.29) is 11.9 Å². The van der Waals surface area contributed by atoms with E-state index < -0.39 is 0 Å². The molecule has 6 nitrogen and oxygen atoms in total. The van der Waals surface area contributed by atoms with Gasteiger partial charge in [-0.25, -0.2) is 0 Å². The Morgan fingerprint density at radius 1 is 1.40 bits per heavy atom. The van der Waals surface area contributed by atoms with E-state index in [2.05, 4.69) is 5.10 Å². The molecule has 0 unspecified atom stereocenters. The van der Waals surface area contributed by atoms with Crippen LogP contribution in [0, 0.1) is 6.92 Å². The van der Waals surface area contributed by atoms with Crippen molar-refractivity contribution in [2.75, 3.05) is 13.7 Å². The molecule has 4 rings (SSSR count). The van der Waals surface area contributed by atoms with Crippen LogP contribution in [0.1, 0.15) is 40.6 Å². The molecule has 0 radical (unpaired) electrons. The zero-order valence-corrected chi connectivity index (χ0v) is 14.7. The van der Waals surface area contributed by atoms with Crippen LogP contribution in [0.5, 0.6) is 5.75 Å². The van der Waals surface area contributed by atoms with E-state index >= 15 is 0 Å². The van der Waals surface area contributed by atoms with Gasteiger partial charge in [0, 0.05) is 36.3 Å². The molecule has 3 heterocycles. The van der Waals surface area contributed by atoms with E-state index in [9.17, 15) is 4.79 Å². The lowest BCUT2D eigenvalue weighted by atomic mass is 10.1. The topological polar surface area (TPSA) is 60.5 Å². The third-order valence-electron chi connectivity index (χ3n) is 4.96. The summed E-state index contributed by atoms with van der Waals surface area (Å²) in [6.07, 6.45) is 5.75. The molecular weight excluding hydrogens is 318 g/mol. The zero-order valence-electron chi connectivity index (χ0n) is 14.7. The van der Waals surface area contributed by atoms with Crippen molar-refractivity contribution in [1.82, 2.24) is 14.7 Å². The number of furan rings is 1. The molecule has 0 N–H and O–H groups in total. The molecule has 1 aromatic carbocycles. The summed E-state index contributed by atoms with van der Waals surface area (Å²) < 4.78 is 12.9. The van der Waals surface area contributed by atoms with Gasteiger partial charge < -0.3 is 14.1 Å². The largest absolute Gasteiger partial charge is 0.497 e. The van der Waals surface area contributed by atoms with Gasteiger partial charge in [-0.2, -0.15) is 5.10 Å². The first-order chi connectivity index (χ1) is 12.1. The van der Waals surface area contributed by atoms with E-state index in [0.29, 0.717) is 11.3 Å². The molecule has 3 aromatic rings. The van der Waals surface area contributed by atoms with Gasteiger partial charge in [-0.1, -0.05) is 0 Å². The Bertz CT molecular complexity index is 941. The number of ether oxygens (including phenoxy) is 1. The lowest BCUT2D eigenvalue weighted by Gasteiger charge is -2.23. The number of hydrogen-bond acceptors (Lipinski definition) is 4. The van der Waals surface area contributed by atoms with Crippen LogP contribution in [0.2, 0.25) is 0 Å². The Morgan fingerprint density at radius 2 is 2.24 bits per heavy atom. The summed E-state index contributed by atoms with van der Waals surface area (Å²) in [5.41, 5.74) is 2.64. The average Bonchev–Trinajstić information content (AvgIpc) is 3.33. The van der Waals surface area contributed by atoms with E-state index in [1.807, 2.05) is 49.5 Å². The predicted molar refractivity (Wildman–Crippen MR) is 93.7 cm³/mol. The van der Waals surface area contributed by atoms with Crippen molar-refractivity contribution in [2.45, 2.75) is 25.8 Å². The number of nitrogens with zero attached hydrogens (tertiary/aromatic N) is 3. The summed E-state index contributed by atoms with van der Waals surface area (Å²) in [7, 11) is 3.52. The second-order valence-corrected chi connectivity index (χ2v) is 6.52. The Balaban J connectivity index is 1.70. The van der Waals surface area contributed by atoms with Crippen molar-refractivity contribution in [1.29, 1.82) is 0 Å². The number of carbonyl (C=O) groups is 1. The molecule has 1 atom stereocenters. The second-order valence-electron chi connectivity index (χ2n) is 6.52. The third kappa shape index (κ3) is 2.58. The van der Waals surface area contributed by atoms with Crippen LogP contribution in [0.4, 0.5) is 0 Å². The molecule has 0 bridgehead atoms. The van der Waals surface area contributed by atoms with Gasteiger partial charge in [-0.3, -0.25) is 9.48 Å². The van der Waals surface area contributed by atoms with Crippen molar-refractivity contribution in [3.8, 4) is 5.75 Å². The molecule has 25 heavy (non-hydrogen) atoms. The molecule has 1 saturated heterocycles. The molecule has 0 aliphatic carbocycles. The summed E-state index contributed by atoms with van der Waals surface area (Å²) >= 11 is 0. The van der Waals surface area contributed by atoms with Crippen molar-refractivity contribution in [3.63, 3.8) is 0 Å². The molecule has 2 aromatic heterocycles. The first-order valence-corrected chi connectivity index (χ1v) is 8.45. The fourth-order valence-corrected chi connectivity index (χ4v) is 3.63. The lowest BCUT2D eigenvalue weighted by molar-refractivity contribution is 0.0704. The standard InChI is InChI=1S/C19H21N3O3/c1-12-15-9-14(24-3)6-7-17(15)25-18(12)19(23)22-8-4-5-16(22)13-10-20-21(2)11-13/h6-7,9-11,16H,4-5,8H2,1-3H3/t16-/m0/s1. The van der Waals surface area contributed by atoms with Crippen LogP contribution in [-0.2, 0) is 7.05 Å². The van der Waals surface area contributed by atoms with Gasteiger partial charge in [0.1, 0.15) is 11.3 Å². The van der Waals surface area contributed by atoms with Crippen LogP contribution < -0.4 is 4.74 Å². The minimum absolute atomic E-state index is 0.0565. The van der Waals surface area contributed by atoms with E-state index in [0.717, 1.165) is 41.6 Å². The number of fused-ring (bicyclic) bond motifs is 1. The van der Waals surface area contributed by atoms with Gasteiger partial charge in [0.2, 0.25) is 0 Å². The van der Waals surface area contributed by atoms with Crippen LogP contribution in [0.25, 0.3) is 11.0 Å². The zero-order chi connectivity index (χ0) is 17.6. The van der Waals surface area contributed by atoms with Crippen LogP contribution in [-0.4, -0.2) is 34.2 Å². The molecule has 6 heteroatoms. The first kappa shape index (κ1) is 15.7. The maximum Gasteiger partial charge on any atom is 0.290 e.